The van der Waals surface area contributed by atoms with Crippen LogP contribution in [0, 0.1) is 5.92 Å². The molecule has 0 fully saturated rings. The number of aryl methyl sites for hydroxylation is 1. The van der Waals surface area contributed by atoms with E-state index in [-0.39, 0.29) is 0 Å². The Morgan fingerprint density at radius 1 is 1.06 bits per heavy atom. The maximum absolute atomic E-state index is 3.65. The van der Waals surface area contributed by atoms with Crippen molar-refractivity contribution >= 4 is 0 Å². The minimum absolute atomic E-state index is 0.653. The van der Waals surface area contributed by atoms with E-state index in [0.29, 0.717) is 6.04 Å². The number of rotatable bonds is 8. The number of nitrogens with one attached hydrogen (secondary N) is 1. The van der Waals surface area contributed by atoms with Crippen molar-refractivity contribution in [3.05, 3.63) is 35.9 Å². The first-order valence-electron chi connectivity index (χ1n) is 7.05. The summed E-state index contributed by atoms with van der Waals surface area (Å²) >= 11 is 0. The van der Waals surface area contributed by atoms with Gasteiger partial charge in [-0.1, -0.05) is 57.0 Å². The second kappa shape index (κ2) is 8.30. The zero-order chi connectivity index (χ0) is 12.5. The third kappa shape index (κ3) is 5.36. The normalized spacial score (nSPS) is 12.9. The lowest BCUT2D eigenvalue weighted by Gasteiger charge is -2.22. The zero-order valence-electron chi connectivity index (χ0n) is 11.6. The van der Waals surface area contributed by atoms with E-state index in [1.807, 2.05) is 0 Å². The average molecular weight is 233 g/mol. The van der Waals surface area contributed by atoms with Gasteiger partial charge in [-0.3, -0.25) is 0 Å². The molecule has 1 atom stereocenters. The van der Waals surface area contributed by atoms with E-state index in [1.54, 1.807) is 0 Å². The largest absolute Gasteiger partial charge is 0.314 e. The van der Waals surface area contributed by atoms with Gasteiger partial charge in [0, 0.05) is 6.04 Å². The van der Waals surface area contributed by atoms with E-state index in [1.165, 1.54) is 31.2 Å². The molecule has 0 aliphatic rings. The van der Waals surface area contributed by atoms with Crippen molar-refractivity contribution in [2.24, 2.45) is 5.92 Å². The van der Waals surface area contributed by atoms with Crippen molar-refractivity contribution in [2.45, 2.75) is 52.5 Å². The summed E-state index contributed by atoms with van der Waals surface area (Å²) in [4.78, 5) is 0. The molecule has 1 nitrogen and oxygen atoms in total. The van der Waals surface area contributed by atoms with Gasteiger partial charge in [0.1, 0.15) is 0 Å². The lowest BCUT2D eigenvalue weighted by Crippen LogP contribution is -2.33. The smallest absolute Gasteiger partial charge is 0.00667 e. The summed E-state index contributed by atoms with van der Waals surface area (Å²) in [7, 11) is 0. The van der Waals surface area contributed by atoms with E-state index in [4.69, 9.17) is 0 Å². The predicted molar refractivity (Wildman–Crippen MR) is 76.3 cm³/mol. The summed E-state index contributed by atoms with van der Waals surface area (Å²) in [5.74, 6) is 0.826. The first-order valence-corrected chi connectivity index (χ1v) is 7.05. The Kier molecular flexibility index (Phi) is 6.95. The van der Waals surface area contributed by atoms with Crippen LogP contribution in [0.15, 0.2) is 30.3 Å². The molecule has 0 saturated carbocycles. The van der Waals surface area contributed by atoms with Crippen molar-refractivity contribution in [3.63, 3.8) is 0 Å². The van der Waals surface area contributed by atoms with Crippen molar-refractivity contribution in [2.75, 3.05) is 6.54 Å². The Morgan fingerprint density at radius 3 is 2.29 bits per heavy atom. The molecular formula is C16H27N. The van der Waals surface area contributed by atoms with Crippen LogP contribution in [0.4, 0.5) is 0 Å². The molecule has 96 valence electrons. The van der Waals surface area contributed by atoms with Gasteiger partial charge in [-0.2, -0.15) is 0 Å². The fourth-order valence-corrected chi connectivity index (χ4v) is 2.43. The van der Waals surface area contributed by atoms with Gasteiger partial charge in [-0.25, -0.2) is 0 Å². The molecule has 0 aliphatic heterocycles. The van der Waals surface area contributed by atoms with Crippen LogP contribution in [0.5, 0.6) is 0 Å². The van der Waals surface area contributed by atoms with Gasteiger partial charge in [-0.15, -0.1) is 0 Å². The van der Waals surface area contributed by atoms with Crippen molar-refractivity contribution in [1.82, 2.24) is 5.32 Å². The fourth-order valence-electron chi connectivity index (χ4n) is 2.43. The first-order chi connectivity index (χ1) is 8.27. The number of hydrogen-bond donors (Lipinski definition) is 1. The van der Waals surface area contributed by atoms with Crippen LogP contribution in [-0.4, -0.2) is 12.6 Å². The van der Waals surface area contributed by atoms with Crippen LogP contribution in [-0.2, 0) is 6.42 Å². The van der Waals surface area contributed by atoms with Crippen molar-refractivity contribution < 1.29 is 0 Å². The van der Waals surface area contributed by atoms with Crippen LogP contribution < -0.4 is 5.32 Å². The summed E-state index contributed by atoms with van der Waals surface area (Å²) in [6.45, 7) is 8.03. The maximum atomic E-state index is 3.65. The number of benzene rings is 1. The molecule has 0 bridgehead atoms. The van der Waals surface area contributed by atoms with E-state index in [0.717, 1.165) is 12.5 Å². The Morgan fingerprint density at radius 2 is 1.71 bits per heavy atom. The van der Waals surface area contributed by atoms with Gasteiger partial charge in [0.2, 0.25) is 0 Å². The van der Waals surface area contributed by atoms with Gasteiger partial charge in [0.25, 0.3) is 0 Å². The van der Waals surface area contributed by atoms with Crippen molar-refractivity contribution in [3.8, 4) is 0 Å². The molecule has 0 saturated heterocycles. The molecule has 0 aliphatic carbocycles. The molecule has 1 unspecified atom stereocenters. The minimum Gasteiger partial charge on any atom is -0.314 e. The predicted octanol–water partition coefficient (Wildman–Crippen LogP) is 4.03. The van der Waals surface area contributed by atoms with Crippen LogP contribution in [0.3, 0.4) is 0 Å². The van der Waals surface area contributed by atoms with E-state index in [2.05, 4.69) is 56.4 Å². The Bertz CT molecular complexity index is 277. The highest BCUT2D eigenvalue weighted by Crippen LogP contribution is 2.12. The summed E-state index contributed by atoms with van der Waals surface area (Å²) in [5, 5.41) is 3.65. The Hall–Kier alpha value is -0.820. The highest BCUT2D eigenvalue weighted by molar-refractivity contribution is 5.14. The molecule has 0 amide bonds. The minimum atomic E-state index is 0.653. The molecule has 1 aromatic rings. The lowest BCUT2D eigenvalue weighted by molar-refractivity contribution is 0.353. The highest BCUT2D eigenvalue weighted by atomic mass is 14.9. The molecule has 0 heterocycles. The molecule has 1 heteroatoms. The molecule has 0 aromatic heterocycles. The van der Waals surface area contributed by atoms with Gasteiger partial charge < -0.3 is 5.32 Å². The summed E-state index contributed by atoms with van der Waals surface area (Å²) in [6, 6.07) is 11.4. The van der Waals surface area contributed by atoms with Crippen LogP contribution in [0.25, 0.3) is 0 Å². The third-order valence-corrected chi connectivity index (χ3v) is 3.71. The Balaban J connectivity index is 2.16. The topological polar surface area (TPSA) is 12.0 Å². The van der Waals surface area contributed by atoms with Gasteiger partial charge in [0.05, 0.1) is 0 Å². The molecule has 17 heavy (non-hydrogen) atoms. The zero-order valence-corrected chi connectivity index (χ0v) is 11.6. The van der Waals surface area contributed by atoms with Crippen molar-refractivity contribution in [1.29, 1.82) is 0 Å². The third-order valence-electron chi connectivity index (χ3n) is 3.71. The molecule has 1 aromatic carbocycles. The van der Waals surface area contributed by atoms with Gasteiger partial charge >= 0.3 is 0 Å². The fraction of sp³-hybridized carbons (Fsp3) is 0.625. The first kappa shape index (κ1) is 14.2. The summed E-state index contributed by atoms with van der Waals surface area (Å²) in [5.41, 5.74) is 1.45. The summed E-state index contributed by atoms with van der Waals surface area (Å²) < 4.78 is 0. The van der Waals surface area contributed by atoms with E-state index >= 15 is 0 Å². The summed E-state index contributed by atoms with van der Waals surface area (Å²) in [6.07, 6.45) is 4.98. The molecular weight excluding hydrogens is 206 g/mol. The van der Waals surface area contributed by atoms with Gasteiger partial charge in [0.15, 0.2) is 0 Å². The highest BCUT2D eigenvalue weighted by Gasteiger charge is 2.11. The van der Waals surface area contributed by atoms with Crippen LogP contribution in [0.1, 0.15) is 45.6 Å². The quantitative estimate of drug-likeness (QED) is 0.668. The number of hydrogen-bond acceptors (Lipinski definition) is 1. The van der Waals surface area contributed by atoms with Crippen LogP contribution in [0.2, 0.25) is 0 Å². The standard InChI is InChI=1S/C16H27N/c1-4-16(5-2)14(3)17-13-9-12-15-10-7-6-8-11-15/h6-8,10-11,14,16-17H,4-5,9,12-13H2,1-3H3. The lowest BCUT2D eigenvalue weighted by atomic mass is 9.95. The Labute approximate surface area is 107 Å². The van der Waals surface area contributed by atoms with E-state index < -0.39 is 0 Å². The second-order valence-corrected chi connectivity index (χ2v) is 4.91. The molecule has 0 radical (unpaired) electrons. The average Bonchev–Trinajstić information content (AvgIpc) is 2.37. The second-order valence-electron chi connectivity index (χ2n) is 4.91. The van der Waals surface area contributed by atoms with E-state index in [9.17, 15) is 0 Å². The van der Waals surface area contributed by atoms with Gasteiger partial charge in [-0.05, 0) is 37.8 Å². The monoisotopic (exact) mass is 233 g/mol. The molecule has 1 rings (SSSR count). The molecule has 1 N–H and O–H groups in total. The maximum Gasteiger partial charge on any atom is 0.00667 e. The van der Waals surface area contributed by atoms with Crippen LogP contribution >= 0.6 is 0 Å². The SMILES string of the molecule is CCC(CC)C(C)NCCCc1ccccc1. The molecule has 0 spiro atoms.